The lowest BCUT2D eigenvalue weighted by molar-refractivity contribution is -0.0499. The number of rotatable bonds is 7. The molecule has 0 aliphatic carbocycles. The van der Waals surface area contributed by atoms with Crippen molar-refractivity contribution in [1.82, 2.24) is 0 Å². The molecule has 2 rings (SSSR count). The maximum atomic E-state index is 13.1. The maximum Gasteiger partial charge on any atom is 0.387 e. The first-order chi connectivity index (χ1) is 15.0. The summed E-state index contributed by atoms with van der Waals surface area (Å²) in [6, 6.07) is 3.62. The minimum Gasteiger partial charge on any atom is -0.435 e. The molecule has 11 heteroatoms. The summed E-state index contributed by atoms with van der Waals surface area (Å²) >= 11 is 1.03. The van der Waals surface area contributed by atoms with Gasteiger partial charge in [0.15, 0.2) is 9.92 Å². The summed E-state index contributed by atoms with van der Waals surface area (Å²) in [6.45, 7) is 9.25. The van der Waals surface area contributed by atoms with Crippen molar-refractivity contribution in [2.45, 2.75) is 76.7 Å². The number of benzene rings is 1. The third-order valence-corrected chi connectivity index (χ3v) is 8.43. The van der Waals surface area contributed by atoms with Crippen LogP contribution in [0, 0.1) is 6.92 Å². The predicted molar refractivity (Wildman–Crippen MR) is 128 cm³/mol. The standard InChI is InChI=1S/C22H31F2N3O4S2/c1-11(2)15-9-14(31-20(23)24)10-16(12(3)4)18(15)26-21(28)27-33(25,30)19-13(5)8-17(32-19)22(6,7)29/h8-12,20,29H,1-7H3,(H3,25,26,27,28,30)/t33-/m1/s1. The molecular formula is C22H31F2N3O4S2. The van der Waals surface area contributed by atoms with Crippen LogP contribution in [0.4, 0.5) is 19.3 Å². The summed E-state index contributed by atoms with van der Waals surface area (Å²) in [5.74, 6) is -0.298. The Morgan fingerprint density at radius 2 is 1.70 bits per heavy atom. The van der Waals surface area contributed by atoms with E-state index in [1.165, 1.54) is 12.1 Å². The molecule has 1 aromatic carbocycles. The van der Waals surface area contributed by atoms with E-state index in [1.807, 2.05) is 27.7 Å². The Bertz CT molecular complexity index is 1120. The van der Waals surface area contributed by atoms with Crippen molar-refractivity contribution in [3.8, 4) is 5.75 Å². The minimum absolute atomic E-state index is 0.0108. The van der Waals surface area contributed by atoms with Gasteiger partial charge in [0, 0.05) is 10.6 Å². The highest BCUT2D eigenvalue weighted by atomic mass is 32.2. The van der Waals surface area contributed by atoms with E-state index in [1.54, 1.807) is 26.8 Å². The van der Waals surface area contributed by atoms with Crippen LogP contribution in [0.2, 0.25) is 0 Å². The first-order valence-electron chi connectivity index (χ1n) is 10.3. The number of anilines is 1. The second-order valence-electron chi connectivity index (χ2n) is 8.89. The molecule has 0 fully saturated rings. The zero-order valence-corrected chi connectivity index (χ0v) is 21.4. The minimum atomic E-state index is -3.59. The van der Waals surface area contributed by atoms with Crippen LogP contribution in [0.3, 0.4) is 0 Å². The number of ether oxygens (including phenoxy) is 1. The van der Waals surface area contributed by atoms with Crippen molar-refractivity contribution < 1.29 is 27.6 Å². The average molecular weight is 504 g/mol. The van der Waals surface area contributed by atoms with Crippen LogP contribution in [0.5, 0.6) is 5.75 Å². The number of nitrogens with one attached hydrogen (secondary N) is 1. The topological polar surface area (TPSA) is 114 Å². The molecule has 0 radical (unpaired) electrons. The molecular weight excluding hydrogens is 472 g/mol. The summed E-state index contributed by atoms with van der Waals surface area (Å²) in [4.78, 5) is 13.3. The highest BCUT2D eigenvalue weighted by Gasteiger charge is 2.25. The van der Waals surface area contributed by atoms with Gasteiger partial charge in [-0.2, -0.15) is 8.78 Å². The third kappa shape index (κ3) is 6.72. The highest BCUT2D eigenvalue weighted by molar-refractivity contribution is 7.93. The van der Waals surface area contributed by atoms with Crippen molar-refractivity contribution in [1.29, 1.82) is 0 Å². The first kappa shape index (κ1) is 27.2. The largest absolute Gasteiger partial charge is 0.435 e. The zero-order valence-electron chi connectivity index (χ0n) is 19.7. The molecule has 0 aliphatic rings. The van der Waals surface area contributed by atoms with Gasteiger partial charge < -0.3 is 15.2 Å². The molecule has 0 spiro atoms. The van der Waals surface area contributed by atoms with Gasteiger partial charge in [-0.15, -0.1) is 15.7 Å². The molecule has 2 aromatic rings. The number of carbonyl (C=O) groups is 1. The number of alkyl halides is 2. The number of aryl methyl sites for hydroxylation is 1. The van der Waals surface area contributed by atoms with Crippen molar-refractivity contribution in [2.75, 3.05) is 5.32 Å². The van der Waals surface area contributed by atoms with Crippen LogP contribution >= 0.6 is 11.3 Å². The van der Waals surface area contributed by atoms with Crippen molar-refractivity contribution >= 4 is 33.0 Å². The number of halogens is 2. The monoisotopic (exact) mass is 503 g/mol. The molecule has 1 aromatic heterocycles. The number of urea groups is 1. The Kier molecular flexibility index (Phi) is 8.27. The molecule has 1 heterocycles. The van der Waals surface area contributed by atoms with Gasteiger partial charge in [-0.25, -0.2) is 14.1 Å². The first-order valence-corrected chi connectivity index (χ1v) is 12.7. The van der Waals surface area contributed by atoms with Gasteiger partial charge >= 0.3 is 12.6 Å². The molecule has 0 saturated carbocycles. The van der Waals surface area contributed by atoms with Gasteiger partial charge in [-0.05, 0) is 67.5 Å². The number of aliphatic hydroxyl groups is 1. The fourth-order valence-corrected chi connectivity index (χ4v) is 5.90. The van der Waals surface area contributed by atoms with E-state index in [0.717, 1.165) is 11.3 Å². The van der Waals surface area contributed by atoms with Crippen molar-refractivity contribution in [3.63, 3.8) is 0 Å². The highest BCUT2D eigenvalue weighted by Crippen LogP contribution is 2.37. The van der Waals surface area contributed by atoms with E-state index < -0.39 is 28.2 Å². The Hall–Kier alpha value is -2.08. The summed E-state index contributed by atoms with van der Waals surface area (Å²) < 4.78 is 47.2. The van der Waals surface area contributed by atoms with Gasteiger partial charge in [-0.1, -0.05) is 27.7 Å². The fraction of sp³-hybridized carbons (Fsp3) is 0.500. The third-order valence-electron chi connectivity index (χ3n) is 4.83. The molecule has 1 atom stereocenters. The normalized spacial score (nSPS) is 14.0. The number of nitrogens with zero attached hydrogens (tertiary/aromatic N) is 1. The molecule has 33 heavy (non-hydrogen) atoms. The number of hydrogen-bond donors (Lipinski definition) is 3. The number of nitrogens with two attached hydrogens (primary N) is 1. The quantitative estimate of drug-likeness (QED) is 0.426. The summed E-state index contributed by atoms with van der Waals surface area (Å²) in [5.41, 5.74) is 0.929. The Labute approximate surface area is 197 Å². The molecule has 7 nitrogen and oxygen atoms in total. The maximum absolute atomic E-state index is 13.1. The number of carbonyl (C=O) groups excluding carboxylic acids is 1. The zero-order chi connectivity index (χ0) is 25.3. The van der Waals surface area contributed by atoms with Gasteiger partial charge in [0.1, 0.15) is 9.96 Å². The smallest absolute Gasteiger partial charge is 0.387 e. The van der Waals surface area contributed by atoms with Gasteiger partial charge in [0.25, 0.3) is 0 Å². The molecule has 4 N–H and O–H groups in total. The van der Waals surface area contributed by atoms with Crippen LogP contribution in [-0.2, 0) is 15.5 Å². The summed E-state index contributed by atoms with van der Waals surface area (Å²) in [6.07, 6.45) is 0. The molecule has 0 aliphatic heterocycles. The Balaban J connectivity index is 2.52. The lowest BCUT2D eigenvalue weighted by atomic mass is 9.92. The van der Waals surface area contributed by atoms with Crippen molar-refractivity contribution in [3.05, 3.63) is 39.8 Å². The lowest BCUT2D eigenvalue weighted by Gasteiger charge is -2.21. The van der Waals surface area contributed by atoms with E-state index in [4.69, 9.17) is 5.14 Å². The van der Waals surface area contributed by atoms with Crippen LogP contribution in [-0.4, -0.2) is 22.0 Å². The van der Waals surface area contributed by atoms with Gasteiger partial charge in [-0.3, -0.25) is 0 Å². The molecule has 184 valence electrons. The number of thiophene rings is 1. The molecule has 0 bridgehead atoms. The van der Waals surface area contributed by atoms with E-state index >= 15 is 0 Å². The van der Waals surface area contributed by atoms with Crippen LogP contribution in [0.1, 0.15) is 74.9 Å². The van der Waals surface area contributed by atoms with Crippen LogP contribution < -0.4 is 15.2 Å². The van der Waals surface area contributed by atoms with Gasteiger partial charge in [0.05, 0.1) is 5.60 Å². The van der Waals surface area contributed by atoms with E-state index in [0.29, 0.717) is 27.3 Å². The van der Waals surface area contributed by atoms with Crippen molar-refractivity contribution in [2.24, 2.45) is 9.50 Å². The van der Waals surface area contributed by atoms with E-state index in [2.05, 4.69) is 14.4 Å². The second-order valence-corrected chi connectivity index (χ2v) is 11.9. The SMILES string of the molecule is Cc1cc(C(C)(C)O)sc1[S@](N)(=O)=NC(=O)Nc1c(C(C)C)cc(OC(F)F)cc1C(C)C. The Morgan fingerprint density at radius 3 is 2.09 bits per heavy atom. The molecule has 0 unspecified atom stereocenters. The van der Waals surface area contributed by atoms with Gasteiger partial charge in [0.2, 0.25) is 0 Å². The van der Waals surface area contributed by atoms with E-state index in [-0.39, 0.29) is 21.8 Å². The van der Waals surface area contributed by atoms with Crippen LogP contribution in [0.25, 0.3) is 0 Å². The molecule has 0 saturated heterocycles. The number of amides is 2. The second kappa shape index (κ2) is 10.0. The number of hydrogen-bond acceptors (Lipinski definition) is 5. The van der Waals surface area contributed by atoms with E-state index in [9.17, 15) is 22.9 Å². The molecule has 2 amide bonds. The van der Waals surface area contributed by atoms with Crippen LogP contribution in [0.15, 0.2) is 26.8 Å². The summed E-state index contributed by atoms with van der Waals surface area (Å²) in [7, 11) is -3.59. The Morgan fingerprint density at radius 1 is 1.18 bits per heavy atom. The predicted octanol–water partition coefficient (Wildman–Crippen LogP) is 6.06. The fourth-order valence-electron chi connectivity index (χ4n) is 3.24. The lowest BCUT2D eigenvalue weighted by Crippen LogP contribution is -2.19. The average Bonchev–Trinajstić information content (AvgIpc) is 3.04. The summed E-state index contributed by atoms with van der Waals surface area (Å²) in [5, 5.41) is 18.8.